The van der Waals surface area contributed by atoms with Gasteiger partial charge in [-0.2, -0.15) is 0 Å². The molecule has 0 radical (unpaired) electrons. The van der Waals surface area contributed by atoms with Crippen LogP contribution in [0.4, 0.5) is 10.5 Å². The Morgan fingerprint density at radius 1 is 1.30 bits per heavy atom. The number of carbonyl (C=O) groups is 1. The molecule has 7 heteroatoms. The first-order chi connectivity index (χ1) is 11.2. The Hall–Kier alpha value is -2.38. The summed E-state index contributed by atoms with van der Waals surface area (Å²) in [5.74, 6) is 0. The monoisotopic (exact) mass is 318 g/mol. The van der Waals surface area contributed by atoms with Gasteiger partial charge in [0.15, 0.2) is 0 Å². The number of ether oxygens (including phenoxy) is 2. The molecule has 0 saturated carbocycles. The summed E-state index contributed by atoms with van der Waals surface area (Å²) in [5, 5.41) is 3.41. The van der Waals surface area contributed by atoms with Crippen molar-refractivity contribution in [3.05, 3.63) is 40.2 Å². The zero-order valence-corrected chi connectivity index (χ0v) is 12.8. The van der Waals surface area contributed by atoms with Gasteiger partial charge in [0.25, 0.3) is 0 Å². The van der Waals surface area contributed by atoms with Crippen LogP contribution in [0.5, 0.6) is 0 Å². The van der Waals surface area contributed by atoms with E-state index < -0.39 is 11.7 Å². The molecule has 0 atom stereocenters. The fourth-order valence-electron chi connectivity index (χ4n) is 2.61. The summed E-state index contributed by atoms with van der Waals surface area (Å²) < 4.78 is 15.1. The van der Waals surface area contributed by atoms with Crippen molar-refractivity contribution in [1.29, 1.82) is 0 Å². The molecular formula is C16H18N2O5. The fourth-order valence-corrected chi connectivity index (χ4v) is 2.61. The Morgan fingerprint density at radius 3 is 2.83 bits per heavy atom. The smallest absolute Gasteiger partial charge is 0.411 e. The molecule has 0 aliphatic carbocycles. The molecular weight excluding hydrogens is 300 g/mol. The van der Waals surface area contributed by atoms with E-state index in [0.29, 0.717) is 31.0 Å². The van der Waals surface area contributed by atoms with Crippen LogP contribution in [0.1, 0.15) is 5.56 Å². The van der Waals surface area contributed by atoms with Gasteiger partial charge < -0.3 is 13.9 Å². The van der Waals surface area contributed by atoms with Gasteiger partial charge in [0, 0.05) is 42.8 Å². The lowest BCUT2D eigenvalue weighted by Gasteiger charge is -2.26. The minimum atomic E-state index is -0.573. The number of fused-ring (bicyclic) bond motifs is 1. The van der Waals surface area contributed by atoms with E-state index in [1.165, 1.54) is 13.2 Å². The maximum absolute atomic E-state index is 11.8. The van der Waals surface area contributed by atoms with Gasteiger partial charge in [-0.05, 0) is 17.7 Å². The third-order valence-corrected chi connectivity index (χ3v) is 3.76. The summed E-state index contributed by atoms with van der Waals surface area (Å²) in [7, 11) is 1.29. The highest BCUT2D eigenvalue weighted by atomic mass is 16.5. The lowest BCUT2D eigenvalue weighted by Crippen LogP contribution is -2.35. The number of amides is 1. The van der Waals surface area contributed by atoms with Gasteiger partial charge in [-0.15, -0.1) is 0 Å². The molecule has 23 heavy (non-hydrogen) atoms. The van der Waals surface area contributed by atoms with Crippen molar-refractivity contribution < 1.29 is 18.7 Å². The molecule has 1 aliphatic rings. The van der Waals surface area contributed by atoms with Crippen LogP contribution in [0.2, 0.25) is 0 Å². The van der Waals surface area contributed by atoms with Crippen LogP contribution in [0.15, 0.2) is 33.5 Å². The maximum atomic E-state index is 11.8. The first-order valence-electron chi connectivity index (χ1n) is 7.37. The Balaban J connectivity index is 1.91. The van der Waals surface area contributed by atoms with Crippen molar-refractivity contribution in [1.82, 2.24) is 4.90 Å². The van der Waals surface area contributed by atoms with Crippen LogP contribution in [-0.2, 0) is 16.0 Å². The molecule has 2 heterocycles. The van der Waals surface area contributed by atoms with Crippen molar-refractivity contribution in [3.8, 4) is 0 Å². The first-order valence-corrected chi connectivity index (χ1v) is 7.37. The van der Waals surface area contributed by atoms with E-state index >= 15 is 0 Å². The molecule has 0 bridgehead atoms. The van der Waals surface area contributed by atoms with Crippen molar-refractivity contribution in [3.63, 3.8) is 0 Å². The molecule has 3 rings (SSSR count). The Bertz CT molecular complexity index is 765. The molecule has 1 fully saturated rings. The van der Waals surface area contributed by atoms with E-state index in [9.17, 15) is 9.59 Å². The van der Waals surface area contributed by atoms with Crippen molar-refractivity contribution in [2.75, 3.05) is 38.7 Å². The molecule has 122 valence electrons. The second-order valence-corrected chi connectivity index (χ2v) is 5.31. The highest BCUT2D eigenvalue weighted by Crippen LogP contribution is 2.22. The predicted octanol–water partition coefficient (Wildman–Crippen LogP) is 1.80. The summed E-state index contributed by atoms with van der Waals surface area (Å²) in [6, 6.07) is 6.73. The van der Waals surface area contributed by atoms with Crippen LogP contribution < -0.4 is 10.9 Å². The lowest BCUT2D eigenvalue weighted by molar-refractivity contribution is 0.0343. The first kappa shape index (κ1) is 15.5. The second kappa shape index (κ2) is 6.80. The molecule has 2 aromatic rings. The number of benzene rings is 1. The summed E-state index contributed by atoms with van der Waals surface area (Å²) in [4.78, 5) is 25.3. The number of methoxy groups -OCH3 is 1. The van der Waals surface area contributed by atoms with Gasteiger partial charge in [0.2, 0.25) is 0 Å². The number of nitrogens with zero attached hydrogens (tertiary/aromatic N) is 1. The number of anilines is 1. The number of hydrogen-bond acceptors (Lipinski definition) is 6. The summed E-state index contributed by atoms with van der Waals surface area (Å²) >= 11 is 0. The van der Waals surface area contributed by atoms with Crippen molar-refractivity contribution in [2.24, 2.45) is 0 Å². The predicted molar refractivity (Wildman–Crippen MR) is 84.6 cm³/mol. The van der Waals surface area contributed by atoms with E-state index in [1.54, 1.807) is 12.1 Å². The van der Waals surface area contributed by atoms with Gasteiger partial charge in [0.1, 0.15) is 5.58 Å². The number of carbonyl (C=O) groups excluding carboxylic acids is 1. The normalized spacial score (nSPS) is 15.5. The van der Waals surface area contributed by atoms with Gasteiger partial charge in [-0.1, -0.05) is 0 Å². The van der Waals surface area contributed by atoms with Crippen molar-refractivity contribution in [2.45, 2.75) is 6.54 Å². The molecule has 1 amide bonds. The molecule has 0 spiro atoms. The minimum Gasteiger partial charge on any atom is -0.453 e. The van der Waals surface area contributed by atoms with Crippen LogP contribution in [0.3, 0.4) is 0 Å². The molecule has 0 unspecified atom stereocenters. The van der Waals surface area contributed by atoms with Crippen LogP contribution in [0.25, 0.3) is 11.0 Å². The number of morpholine rings is 1. The average Bonchev–Trinajstić information content (AvgIpc) is 2.55. The number of nitrogens with one attached hydrogen (secondary N) is 1. The van der Waals surface area contributed by atoms with E-state index in [-0.39, 0.29) is 0 Å². The Kier molecular flexibility index (Phi) is 4.59. The molecule has 1 aromatic carbocycles. The van der Waals surface area contributed by atoms with E-state index in [4.69, 9.17) is 9.15 Å². The average molecular weight is 318 g/mol. The summed E-state index contributed by atoms with van der Waals surface area (Å²) in [6.45, 7) is 3.74. The quantitative estimate of drug-likeness (QED) is 0.869. The Labute approximate surface area is 132 Å². The molecule has 1 aliphatic heterocycles. The minimum absolute atomic E-state index is 0.407. The third kappa shape index (κ3) is 3.69. The Morgan fingerprint density at radius 2 is 2.09 bits per heavy atom. The van der Waals surface area contributed by atoms with Gasteiger partial charge in [-0.25, -0.2) is 9.59 Å². The molecule has 1 aromatic heterocycles. The summed E-state index contributed by atoms with van der Waals surface area (Å²) in [5.41, 5.74) is 1.45. The van der Waals surface area contributed by atoms with E-state index in [1.807, 2.05) is 6.07 Å². The van der Waals surface area contributed by atoms with Crippen LogP contribution in [-0.4, -0.2) is 44.4 Å². The SMILES string of the molecule is COC(=O)Nc1ccc2c(CN3CCOCC3)cc(=O)oc2c1. The van der Waals surface area contributed by atoms with Crippen LogP contribution in [0, 0.1) is 0 Å². The standard InChI is InChI=1S/C16H18N2O5/c1-21-16(20)17-12-2-3-13-11(8-15(19)23-14(13)9-12)10-18-4-6-22-7-5-18/h2-3,8-9H,4-7,10H2,1H3,(H,17,20). The lowest BCUT2D eigenvalue weighted by atomic mass is 10.1. The maximum Gasteiger partial charge on any atom is 0.411 e. The fraction of sp³-hybridized carbons (Fsp3) is 0.375. The topological polar surface area (TPSA) is 81.0 Å². The highest BCUT2D eigenvalue weighted by Gasteiger charge is 2.14. The molecule has 7 nitrogen and oxygen atoms in total. The van der Waals surface area contributed by atoms with Gasteiger partial charge in [0.05, 0.1) is 20.3 Å². The van der Waals surface area contributed by atoms with E-state index in [0.717, 1.165) is 24.0 Å². The zero-order valence-electron chi connectivity index (χ0n) is 12.8. The van der Waals surface area contributed by atoms with Gasteiger partial charge >= 0.3 is 11.7 Å². The molecule has 1 saturated heterocycles. The number of hydrogen-bond donors (Lipinski definition) is 1. The second-order valence-electron chi connectivity index (χ2n) is 5.31. The number of rotatable bonds is 3. The van der Waals surface area contributed by atoms with Crippen molar-refractivity contribution >= 4 is 22.7 Å². The van der Waals surface area contributed by atoms with E-state index in [2.05, 4.69) is 15.0 Å². The highest BCUT2D eigenvalue weighted by molar-refractivity contribution is 5.89. The van der Waals surface area contributed by atoms with Gasteiger partial charge in [-0.3, -0.25) is 10.2 Å². The molecule has 1 N–H and O–H groups in total. The largest absolute Gasteiger partial charge is 0.453 e. The summed E-state index contributed by atoms with van der Waals surface area (Å²) in [6.07, 6.45) is -0.573. The zero-order chi connectivity index (χ0) is 16.2. The van der Waals surface area contributed by atoms with Crippen LogP contribution >= 0.6 is 0 Å². The third-order valence-electron chi connectivity index (χ3n) is 3.76.